The number of allylic oxidation sites excluding steroid dienone is 1. The molecular weight excluding hydrogens is 428 g/mol. The van der Waals surface area contributed by atoms with Gasteiger partial charge in [0.05, 0.1) is 28.1 Å². The number of fused-ring (bicyclic) bond motifs is 1. The first-order valence-corrected chi connectivity index (χ1v) is 11.4. The highest BCUT2D eigenvalue weighted by atomic mass is 32.1. The Balaban J connectivity index is 1.65. The van der Waals surface area contributed by atoms with E-state index in [1.165, 1.54) is 11.3 Å². The average Bonchev–Trinajstić information content (AvgIpc) is 3.48. The Morgan fingerprint density at radius 2 is 1.88 bits per heavy atom. The van der Waals surface area contributed by atoms with E-state index in [-0.39, 0.29) is 0 Å². The van der Waals surface area contributed by atoms with Crippen molar-refractivity contribution in [3.05, 3.63) is 95.6 Å². The number of para-hydroxylation sites is 2. The summed E-state index contributed by atoms with van der Waals surface area (Å²) < 4.78 is 8.58. The predicted octanol–water partition coefficient (Wildman–Crippen LogP) is 6.61. The van der Waals surface area contributed by atoms with Crippen LogP contribution >= 0.6 is 11.3 Å². The summed E-state index contributed by atoms with van der Waals surface area (Å²) in [6.07, 6.45) is 3.81. The third kappa shape index (κ3) is 4.27. The van der Waals surface area contributed by atoms with Crippen molar-refractivity contribution in [2.24, 2.45) is 0 Å². The predicted molar refractivity (Wildman–Crippen MR) is 133 cm³/mol. The van der Waals surface area contributed by atoms with Crippen molar-refractivity contribution in [2.75, 3.05) is 6.61 Å². The molecule has 5 rings (SSSR count). The molecule has 0 radical (unpaired) electrons. The minimum absolute atomic E-state index is 0.506. The third-order valence-electron chi connectivity index (χ3n) is 5.13. The molecule has 3 aromatic carbocycles. The van der Waals surface area contributed by atoms with Gasteiger partial charge in [-0.2, -0.15) is 10.4 Å². The fourth-order valence-corrected chi connectivity index (χ4v) is 4.55. The maximum Gasteiger partial charge on any atom is 0.135 e. The van der Waals surface area contributed by atoms with Gasteiger partial charge in [0.15, 0.2) is 0 Å². The molecular formula is C27H20N4OS. The highest BCUT2D eigenvalue weighted by Gasteiger charge is 2.15. The van der Waals surface area contributed by atoms with Gasteiger partial charge in [0.1, 0.15) is 22.5 Å². The summed E-state index contributed by atoms with van der Waals surface area (Å²) in [5.41, 5.74) is 4.87. The maximum atomic E-state index is 9.97. The number of hydrogen-bond donors (Lipinski definition) is 0. The number of nitrogens with zero attached hydrogens (tertiary/aromatic N) is 4. The highest BCUT2D eigenvalue weighted by Crippen LogP contribution is 2.32. The topological polar surface area (TPSA) is 63.7 Å². The molecule has 0 fully saturated rings. The number of aromatic nitrogens is 3. The zero-order valence-electron chi connectivity index (χ0n) is 18.0. The number of rotatable bonds is 6. The molecule has 6 heteroatoms. The van der Waals surface area contributed by atoms with Crippen LogP contribution in [-0.4, -0.2) is 21.4 Å². The summed E-state index contributed by atoms with van der Waals surface area (Å²) >= 11 is 1.51. The molecule has 160 valence electrons. The molecule has 0 amide bonds. The van der Waals surface area contributed by atoms with Crippen LogP contribution in [0.1, 0.15) is 17.5 Å². The van der Waals surface area contributed by atoms with Crippen LogP contribution in [0.2, 0.25) is 0 Å². The smallest absolute Gasteiger partial charge is 0.135 e. The number of thiazole rings is 1. The van der Waals surface area contributed by atoms with Gasteiger partial charge < -0.3 is 4.74 Å². The van der Waals surface area contributed by atoms with Gasteiger partial charge in [0.2, 0.25) is 0 Å². The number of nitriles is 1. The van der Waals surface area contributed by atoms with Crippen LogP contribution in [0.5, 0.6) is 5.75 Å². The SMILES string of the molecule is CCOc1cccc(-c2nn(-c3ccccc3)cc2C=C(C#N)c2nc3ccccc3s2)c1. The van der Waals surface area contributed by atoms with E-state index in [1.54, 1.807) is 0 Å². The highest BCUT2D eigenvalue weighted by molar-refractivity contribution is 7.19. The van der Waals surface area contributed by atoms with Gasteiger partial charge in [-0.15, -0.1) is 11.3 Å². The lowest BCUT2D eigenvalue weighted by atomic mass is 10.1. The fraction of sp³-hybridized carbons (Fsp3) is 0.0741. The zero-order valence-corrected chi connectivity index (χ0v) is 18.8. The Hall–Kier alpha value is -4.21. The summed E-state index contributed by atoms with van der Waals surface area (Å²) in [7, 11) is 0. The zero-order chi connectivity index (χ0) is 22.6. The van der Waals surface area contributed by atoms with Gasteiger partial charge in [0.25, 0.3) is 0 Å². The second-order valence-corrected chi connectivity index (χ2v) is 8.36. The lowest BCUT2D eigenvalue weighted by Gasteiger charge is -2.05. The third-order valence-corrected chi connectivity index (χ3v) is 6.20. The van der Waals surface area contributed by atoms with E-state index in [1.807, 2.05) is 103 Å². The normalized spacial score (nSPS) is 11.5. The van der Waals surface area contributed by atoms with Crippen LogP contribution in [0.4, 0.5) is 0 Å². The summed E-state index contributed by atoms with van der Waals surface area (Å²) in [6.45, 7) is 2.55. The Labute approximate surface area is 195 Å². The summed E-state index contributed by atoms with van der Waals surface area (Å²) in [4.78, 5) is 4.67. The number of ether oxygens (including phenoxy) is 1. The van der Waals surface area contributed by atoms with E-state index in [4.69, 9.17) is 9.84 Å². The van der Waals surface area contributed by atoms with Gasteiger partial charge in [-0.1, -0.05) is 42.5 Å². The average molecular weight is 449 g/mol. The van der Waals surface area contributed by atoms with Gasteiger partial charge in [-0.3, -0.25) is 0 Å². The van der Waals surface area contributed by atoms with E-state index in [0.717, 1.165) is 38.5 Å². The summed E-state index contributed by atoms with van der Waals surface area (Å²) in [6, 6.07) is 28.0. The molecule has 0 saturated heterocycles. The molecule has 33 heavy (non-hydrogen) atoms. The Morgan fingerprint density at radius 1 is 1.06 bits per heavy atom. The van der Waals surface area contributed by atoms with Crippen molar-refractivity contribution >= 4 is 33.2 Å². The molecule has 5 nitrogen and oxygen atoms in total. The van der Waals surface area contributed by atoms with E-state index >= 15 is 0 Å². The quantitative estimate of drug-likeness (QED) is 0.274. The van der Waals surface area contributed by atoms with Gasteiger partial charge >= 0.3 is 0 Å². The van der Waals surface area contributed by atoms with Crippen LogP contribution in [0, 0.1) is 11.3 Å². The van der Waals surface area contributed by atoms with Crippen molar-refractivity contribution in [1.29, 1.82) is 5.26 Å². The molecule has 0 spiro atoms. The molecule has 0 atom stereocenters. The van der Waals surface area contributed by atoms with E-state index in [0.29, 0.717) is 17.2 Å². The molecule has 0 N–H and O–H groups in total. The minimum Gasteiger partial charge on any atom is -0.494 e. The van der Waals surface area contributed by atoms with Gasteiger partial charge in [-0.25, -0.2) is 9.67 Å². The van der Waals surface area contributed by atoms with Crippen LogP contribution in [-0.2, 0) is 0 Å². The second kappa shape index (κ2) is 9.11. The number of hydrogen-bond acceptors (Lipinski definition) is 5. The van der Waals surface area contributed by atoms with Crippen LogP contribution in [0.3, 0.4) is 0 Å². The lowest BCUT2D eigenvalue weighted by molar-refractivity contribution is 0.340. The van der Waals surface area contributed by atoms with Crippen molar-refractivity contribution in [3.8, 4) is 28.8 Å². The Kier molecular flexibility index (Phi) is 5.71. The molecule has 0 aliphatic heterocycles. The van der Waals surface area contributed by atoms with Crippen LogP contribution < -0.4 is 4.74 Å². The standard InChI is InChI=1S/C27H20N4OS/c1-2-32-23-12-8-9-19(16-23)26-21(18-31(30-26)22-10-4-3-5-11-22)15-20(17-28)27-29-24-13-6-7-14-25(24)33-27/h3-16,18H,2H2,1H3. The van der Waals surface area contributed by atoms with Gasteiger partial charge in [0, 0.05) is 17.3 Å². The molecule has 0 aliphatic rings. The van der Waals surface area contributed by atoms with Crippen molar-refractivity contribution in [2.45, 2.75) is 6.92 Å². The molecule has 0 aliphatic carbocycles. The molecule has 5 aromatic rings. The first-order chi connectivity index (χ1) is 16.2. The van der Waals surface area contributed by atoms with Crippen molar-refractivity contribution in [3.63, 3.8) is 0 Å². The van der Waals surface area contributed by atoms with E-state index < -0.39 is 0 Å². The molecule has 2 heterocycles. The lowest BCUT2D eigenvalue weighted by Crippen LogP contribution is -1.94. The summed E-state index contributed by atoms with van der Waals surface area (Å²) in [5.74, 6) is 0.783. The molecule has 2 aromatic heterocycles. The first kappa shape index (κ1) is 20.7. The monoisotopic (exact) mass is 448 g/mol. The largest absolute Gasteiger partial charge is 0.494 e. The molecule has 0 bridgehead atoms. The maximum absolute atomic E-state index is 9.97. The van der Waals surface area contributed by atoms with Crippen molar-refractivity contribution in [1.82, 2.24) is 14.8 Å². The fourth-order valence-electron chi connectivity index (χ4n) is 3.61. The van der Waals surface area contributed by atoms with Crippen LogP contribution in [0.15, 0.2) is 85.1 Å². The van der Waals surface area contributed by atoms with Crippen molar-refractivity contribution < 1.29 is 4.74 Å². The van der Waals surface area contributed by atoms with E-state index in [2.05, 4.69) is 11.1 Å². The van der Waals surface area contributed by atoms with Crippen LogP contribution in [0.25, 0.3) is 38.8 Å². The molecule has 0 saturated carbocycles. The first-order valence-electron chi connectivity index (χ1n) is 10.6. The summed E-state index contributed by atoms with van der Waals surface area (Å²) in [5, 5.41) is 15.5. The second-order valence-electron chi connectivity index (χ2n) is 7.33. The van der Waals surface area contributed by atoms with E-state index in [9.17, 15) is 5.26 Å². The minimum atomic E-state index is 0.506. The Morgan fingerprint density at radius 3 is 2.67 bits per heavy atom. The number of benzene rings is 3. The molecule has 0 unspecified atom stereocenters. The van der Waals surface area contributed by atoms with Gasteiger partial charge in [-0.05, 0) is 49.4 Å². The Bertz CT molecular complexity index is 1460.